The highest BCUT2D eigenvalue weighted by molar-refractivity contribution is 5.03. The van der Waals surface area contributed by atoms with Crippen LogP contribution in [0.3, 0.4) is 0 Å². The Hall–Kier alpha value is -1.01. The average Bonchev–Trinajstić information content (AvgIpc) is 2.95. The minimum Gasteiger partial charge on any atom is -0.395 e. The van der Waals surface area contributed by atoms with Gasteiger partial charge in [0.1, 0.15) is 0 Å². The van der Waals surface area contributed by atoms with Crippen molar-refractivity contribution in [2.45, 2.75) is 69.5 Å². The Bertz CT molecular complexity index is 480. The standard InChI is InChI=1S/C15H25N5O/c21-10-13-7-8-14(19(13)9-11-3-1-2-4-11)15-16-17-18-20(15)12-5-6-12/h11-14,21H,1-10H2/t13-,14-/m0/s1. The van der Waals surface area contributed by atoms with Crippen LogP contribution in [-0.4, -0.2) is 49.4 Å². The maximum absolute atomic E-state index is 9.72. The third-order valence-electron chi connectivity index (χ3n) is 5.51. The van der Waals surface area contributed by atoms with Gasteiger partial charge in [0.25, 0.3) is 0 Å². The molecule has 21 heavy (non-hydrogen) atoms. The summed E-state index contributed by atoms with van der Waals surface area (Å²) < 4.78 is 2.05. The molecule has 1 aliphatic heterocycles. The number of aromatic nitrogens is 4. The summed E-state index contributed by atoms with van der Waals surface area (Å²) in [4.78, 5) is 2.50. The lowest BCUT2D eigenvalue weighted by molar-refractivity contribution is 0.107. The molecule has 0 radical (unpaired) electrons. The van der Waals surface area contributed by atoms with Crippen molar-refractivity contribution in [1.82, 2.24) is 25.1 Å². The van der Waals surface area contributed by atoms with Crippen LogP contribution >= 0.6 is 0 Å². The molecule has 6 nitrogen and oxygen atoms in total. The van der Waals surface area contributed by atoms with Gasteiger partial charge in [0, 0.05) is 12.6 Å². The van der Waals surface area contributed by atoms with Crippen LogP contribution in [0, 0.1) is 5.92 Å². The molecule has 2 aliphatic carbocycles. The number of nitrogens with zero attached hydrogens (tertiary/aromatic N) is 5. The van der Waals surface area contributed by atoms with Gasteiger partial charge < -0.3 is 5.11 Å². The van der Waals surface area contributed by atoms with E-state index in [4.69, 9.17) is 0 Å². The Morgan fingerprint density at radius 2 is 1.86 bits per heavy atom. The zero-order valence-electron chi connectivity index (χ0n) is 12.6. The van der Waals surface area contributed by atoms with Gasteiger partial charge in [0.05, 0.1) is 18.7 Å². The minimum atomic E-state index is 0.258. The van der Waals surface area contributed by atoms with Gasteiger partial charge in [-0.25, -0.2) is 4.68 Å². The van der Waals surface area contributed by atoms with Crippen molar-refractivity contribution < 1.29 is 5.11 Å². The number of rotatable bonds is 5. The fourth-order valence-electron chi connectivity index (χ4n) is 4.18. The fourth-order valence-corrected chi connectivity index (χ4v) is 4.18. The Morgan fingerprint density at radius 1 is 1.05 bits per heavy atom. The zero-order valence-corrected chi connectivity index (χ0v) is 12.6. The highest BCUT2D eigenvalue weighted by atomic mass is 16.3. The second kappa shape index (κ2) is 5.65. The van der Waals surface area contributed by atoms with Gasteiger partial charge in [-0.05, 0) is 54.9 Å². The quantitative estimate of drug-likeness (QED) is 0.894. The van der Waals surface area contributed by atoms with Gasteiger partial charge in [-0.2, -0.15) is 0 Å². The van der Waals surface area contributed by atoms with Gasteiger partial charge >= 0.3 is 0 Å². The molecule has 0 spiro atoms. The average molecular weight is 291 g/mol. The molecule has 4 rings (SSSR count). The van der Waals surface area contributed by atoms with Crippen LogP contribution in [0.1, 0.15) is 69.3 Å². The molecule has 0 bridgehead atoms. The van der Waals surface area contributed by atoms with Gasteiger partial charge in [-0.3, -0.25) is 4.90 Å². The molecule has 0 aromatic carbocycles. The Balaban J connectivity index is 1.55. The van der Waals surface area contributed by atoms with Crippen molar-refractivity contribution in [2.24, 2.45) is 5.92 Å². The normalized spacial score (nSPS) is 31.3. The Morgan fingerprint density at radius 3 is 2.57 bits per heavy atom. The molecule has 2 atom stereocenters. The first-order valence-electron chi connectivity index (χ1n) is 8.51. The lowest BCUT2D eigenvalue weighted by Gasteiger charge is -2.31. The Labute approximate surface area is 125 Å². The van der Waals surface area contributed by atoms with Crippen molar-refractivity contribution in [3.63, 3.8) is 0 Å². The van der Waals surface area contributed by atoms with Crippen LogP contribution in [-0.2, 0) is 0 Å². The van der Waals surface area contributed by atoms with E-state index in [2.05, 4.69) is 20.4 Å². The van der Waals surface area contributed by atoms with Crippen molar-refractivity contribution in [1.29, 1.82) is 0 Å². The third-order valence-corrected chi connectivity index (χ3v) is 5.51. The summed E-state index contributed by atoms with van der Waals surface area (Å²) in [7, 11) is 0. The molecule has 1 aromatic rings. The van der Waals surface area contributed by atoms with E-state index in [0.717, 1.165) is 31.1 Å². The van der Waals surface area contributed by atoms with Gasteiger partial charge in [-0.15, -0.1) is 5.10 Å². The van der Waals surface area contributed by atoms with Crippen LogP contribution in [0.5, 0.6) is 0 Å². The highest BCUT2D eigenvalue weighted by Crippen LogP contribution is 2.41. The highest BCUT2D eigenvalue weighted by Gasteiger charge is 2.40. The van der Waals surface area contributed by atoms with Crippen LogP contribution < -0.4 is 0 Å². The predicted molar refractivity (Wildman–Crippen MR) is 77.6 cm³/mol. The van der Waals surface area contributed by atoms with E-state index in [1.807, 2.05) is 4.68 Å². The van der Waals surface area contributed by atoms with Gasteiger partial charge in [0.15, 0.2) is 5.82 Å². The lowest BCUT2D eigenvalue weighted by Crippen LogP contribution is -2.38. The summed E-state index contributed by atoms with van der Waals surface area (Å²) in [6, 6.07) is 1.12. The Kier molecular flexibility index (Phi) is 3.67. The smallest absolute Gasteiger partial charge is 0.168 e. The molecular weight excluding hydrogens is 266 g/mol. The molecule has 2 heterocycles. The minimum absolute atomic E-state index is 0.258. The predicted octanol–water partition coefficient (Wildman–Crippen LogP) is 1.70. The maximum atomic E-state index is 9.72. The van der Waals surface area contributed by atoms with Crippen molar-refractivity contribution in [3.8, 4) is 0 Å². The summed E-state index contributed by atoms with van der Waals surface area (Å²) >= 11 is 0. The molecule has 1 N–H and O–H groups in total. The monoisotopic (exact) mass is 291 g/mol. The second-order valence-corrected chi connectivity index (χ2v) is 6.99. The largest absolute Gasteiger partial charge is 0.395 e. The fraction of sp³-hybridized carbons (Fsp3) is 0.933. The second-order valence-electron chi connectivity index (χ2n) is 6.99. The van der Waals surface area contributed by atoms with E-state index in [-0.39, 0.29) is 6.61 Å². The van der Waals surface area contributed by atoms with Crippen molar-refractivity contribution in [3.05, 3.63) is 5.82 Å². The number of hydrogen-bond donors (Lipinski definition) is 1. The molecule has 0 amide bonds. The molecule has 6 heteroatoms. The molecule has 3 fully saturated rings. The summed E-state index contributed by atoms with van der Waals surface area (Å²) in [5.74, 6) is 1.83. The molecular formula is C15H25N5O. The van der Waals surface area contributed by atoms with E-state index in [9.17, 15) is 5.11 Å². The van der Waals surface area contributed by atoms with Crippen molar-refractivity contribution in [2.75, 3.05) is 13.2 Å². The molecule has 3 aliphatic rings. The number of likely N-dealkylation sites (tertiary alicyclic amines) is 1. The number of aliphatic hydroxyl groups excluding tert-OH is 1. The maximum Gasteiger partial charge on any atom is 0.168 e. The first-order valence-corrected chi connectivity index (χ1v) is 8.51. The SMILES string of the molecule is OC[C@@H]1CC[C@@H](c2nnnn2C2CC2)N1CC1CCCC1. The third kappa shape index (κ3) is 2.59. The molecule has 1 saturated heterocycles. The zero-order chi connectivity index (χ0) is 14.2. The van der Waals surface area contributed by atoms with Gasteiger partial charge in [-0.1, -0.05) is 12.8 Å². The van der Waals surface area contributed by atoms with Crippen LogP contribution in [0.25, 0.3) is 0 Å². The summed E-state index contributed by atoms with van der Waals surface area (Å²) in [6.07, 6.45) is 9.97. The summed E-state index contributed by atoms with van der Waals surface area (Å²) in [5, 5.41) is 22.2. The van der Waals surface area contributed by atoms with E-state index >= 15 is 0 Å². The summed E-state index contributed by atoms with van der Waals surface area (Å²) in [6.45, 7) is 1.36. The van der Waals surface area contributed by atoms with E-state index in [1.165, 1.54) is 38.5 Å². The lowest BCUT2D eigenvalue weighted by atomic mass is 10.1. The molecule has 1 aromatic heterocycles. The molecule has 116 valence electrons. The topological polar surface area (TPSA) is 67.1 Å². The van der Waals surface area contributed by atoms with Crippen LogP contribution in [0.15, 0.2) is 0 Å². The number of tetrazole rings is 1. The van der Waals surface area contributed by atoms with Crippen LogP contribution in [0.2, 0.25) is 0 Å². The van der Waals surface area contributed by atoms with Crippen LogP contribution in [0.4, 0.5) is 0 Å². The van der Waals surface area contributed by atoms with Gasteiger partial charge in [0.2, 0.25) is 0 Å². The first-order chi connectivity index (χ1) is 10.4. The number of aliphatic hydroxyl groups is 1. The summed E-state index contributed by atoms with van der Waals surface area (Å²) in [5.41, 5.74) is 0. The number of hydrogen-bond acceptors (Lipinski definition) is 5. The van der Waals surface area contributed by atoms with E-state index < -0.39 is 0 Å². The molecule has 2 saturated carbocycles. The first kappa shape index (κ1) is 13.6. The van der Waals surface area contributed by atoms with E-state index in [1.54, 1.807) is 0 Å². The van der Waals surface area contributed by atoms with Crippen molar-refractivity contribution >= 4 is 0 Å². The van der Waals surface area contributed by atoms with E-state index in [0.29, 0.717) is 18.1 Å². The molecule has 0 unspecified atom stereocenters.